The minimum atomic E-state index is 0.393. The van der Waals surface area contributed by atoms with Gasteiger partial charge in [-0.25, -0.2) is 5.43 Å². The van der Waals surface area contributed by atoms with E-state index in [0.717, 1.165) is 13.0 Å². The molecule has 2 unspecified atom stereocenters. The van der Waals surface area contributed by atoms with Crippen LogP contribution < -0.4 is 16.2 Å². The number of benzene rings is 1. The average molecular weight is 298 g/mol. The normalized spacial score (nSPS) is 24.5. The van der Waals surface area contributed by atoms with Crippen LogP contribution in [0.15, 0.2) is 28.7 Å². The number of nitrogens with one attached hydrogen (secondary N) is 3. The van der Waals surface area contributed by atoms with Gasteiger partial charge >= 0.3 is 0 Å². The molecule has 3 nitrogen and oxygen atoms in total. The molecule has 0 amide bonds. The third-order valence-corrected chi connectivity index (χ3v) is 3.76. The molecule has 17 heavy (non-hydrogen) atoms. The Kier molecular flexibility index (Phi) is 4.56. The molecule has 0 radical (unpaired) electrons. The summed E-state index contributed by atoms with van der Waals surface area (Å²) in [6.45, 7) is 5.35. The molecule has 0 bridgehead atoms. The molecule has 94 valence electrons. The van der Waals surface area contributed by atoms with Crippen molar-refractivity contribution in [2.75, 3.05) is 6.54 Å². The SMILES string of the molecule is CC(C)NCC1CC(c2ccccc2Br)NN1. The number of hydrazine groups is 1. The molecule has 1 aromatic rings. The fourth-order valence-corrected chi connectivity index (χ4v) is 2.66. The van der Waals surface area contributed by atoms with E-state index in [1.54, 1.807) is 0 Å². The van der Waals surface area contributed by atoms with Crippen molar-refractivity contribution in [1.82, 2.24) is 16.2 Å². The van der Waals surface area contributed by atoms with E-state index in [1.165, 1.54) is 10.0 Å². The molecule has 0 aliphatic carbocycles. The number of hydrogen-bond donors (Lipinski definition) is 3. The van der Waals surface area contributed by atoms with Gasteiger partial charge in [0.05, 0.1) is 0 Å². The molecule has 1 aliphatic heterocycles. The Labute approximate surface area is 111 Å². The van der Waals surface area contributed by atoms with Crippen LogP contribution in [0.2, 0.25) is 0 Å². The van der Waals surface area contributed by atoms with Crippen molar-refractivity contribution < 1.29 is 0 Å². The Hall–Kier alpha value is -0.420. The van der Waals surface area contributed by atoms with Gasteiger partial charge in [-0.1, -0.05) is 48.0 Å². The molecule has 1 aromatic carbocycles. The van der Waals surface area contributed by atoms with Crippen LogP contribution in [-0.4, -0.2) is 18.6 Å². The highest BCUT2D eigenvalue weighted by atomic mass is 79.9. The summed E-state index contributed by atoms with van der Waals surface area (Å²) < 4.78 is 1.18. The highest BCUT2D eigenvalue weighted by Crippen LogP contribution is 2.28. The maximum atomic E-state index is 3.61. The van der Waals surface area contributed by atoms with Gasteiger partial charge in [0.15, 0.2) is 0 Å². The van der Waals surface area contributed by atoms with Crippen LogP contribution in [0, 0.1) is 0 Å². The van der Waals surface area contributed by atoms with Gasteiger partial charge in [-0.2, -0.15) is 0 Å². The van der Waals surface area contributed by atoms with E-state index in [1.807, 2.05) is 6.07 Å². The molecule has 2 atom stereocenters. The van der Waals surface area contributed by atoms with E-state index < -0.39 is 0 Å². The second kappa shape index (κ2) is 5.96. The predicted molar refractivity (Wildman–Crippen MR) is 74.7 cm³/mol. The van der Waals surface area contributed by atoms with Crippen molar-refractivity contribution in [2.45, 2.75) is 38.4 Å². The third-order valence-electron chi connectivity index (χ3n) is 3.04. The van der Waals surface area contributed by atoms with Gasteiger partial charge in [-0.15, -0.1) is 0 Å². The summed E-state index contributed by atoms with van der Waals surface area (Å²) in [5.41, 5.74) is 8.05. The van der Waals surface area contributed by atoms with Gasteiger partial charge in [0.2, 0.25) is 0 Å². The highest BCUT2D eigenvalue weighted by molar-refractivity contribution is 9.10. The van der Waals surface area contributed by atoms with Crippen LogP contribution >= 0.6 is 15.9 Å². The van der Waals surface area contributed by atoms with E-state index in [-0.39, 0.29) is 0 Å². The summed E-state index contributed by atoms with van der Waals surface area (Å²) in [6, 6.07) is 9.83. The zero-order valence-electron chi connectivity index (χ0n) is 10.3. The van der Waals surface area contributed by atoms with Crippen molar-refractivity contribution >= 4 is 15.9 Å². The van der Waals surface area contributed by atoms with Crippen LogP contribution in [-0.2, 0) is 0 Å². The van der Waals surface area contributed by atoms with Crippen LogP contribution in [0.4, 0.5) is 0 Å². The Bertz CT molecular complexity index is 367. The summed E-state index contributed by atoms with van der Waals surface area (Å²) in [5, 5.41) is 3.46. The summed E-state index contributed by atoms with van der Waals surface area (Å²) >= 11 is 3.61. The second-order valence-corrected chi connectivity index (χ2v) is 5.71. The predicted octanol–water partition coefficient (Wildman–Crippen LogP) is 2.35. The van der Waals surface area contributed by atoms with Gasteiger partial charge in [0.1, 0.15) is 0 Å². The molecular formula is C13H20BrN3. The Morgan fingerprint density at radius 2 is 2.12 bits per heavy atom. The average Bonchev–Trinajstić information content (AvgIpc) is 2.75. The lowest BCUT2D eigenvalue weighted by atomic mass is 10.0. The summed E-state index contributed by atoms with van der Waals surface area (Å²) in [6.07, 6.45) is 1.11. The Balaban J connectivity index is 1.92. The first-order valence-corrected chi connectivity index (χ1v) is 6.95. The Morgan fingerprint density at radius 1 is 1.35 bits per heavy atom. The molecule has 2 rings (SSSR count). The molecule has 0 spiro atoms. The second-order valence-electron chi connectivity index (χ2n) is 4.86. The molecule has 0 saturated carbocycles. The van der Waals surface area contributed by atoms with Crippen LogP contribution in [0.25, 0.3) is 0 Å². The first-order valence-electron chi connectivity index (χ1n) is 6.15. The van der Waals surface area contributed by atoms with E-state index in [2.05, 4.69) is 64.1 Å². The third kappa shape index (κ3) is 3.52. The molecule has 1 aliphatic rings. The van der Waals surface area contributed by atoms with Crippen LogP contribution in [0.3, 0.4) is 0 Å². The lowest BCUT2D eigenvalue weighted by molar-refractivity contribution is 0.478. The number of halogens is 1. The Morgan fingerprint density at radius 3 is 2.82 bits per heavy atom. The molecule has 3 N–H and O–H groups in total. The summed E-state index contributed by atoms with van der Waals surface area (Å²) in [4.78, 5) is 0. The molecule has 0 aromatic heterocycles. The standard InChI is InChI=1S/C13H20BrN3/c1-9(2)15-8-10-7-13(17-16-10)11-5-3-4-6-12(11)14/h3-6,9-10,13,15-17H,7-8H2,1-2H3. The maximum absolute atomic E-state index is 3.61. The zero-order chi connectivity index (χ0) is 12.3. The molecule has 1 fully saturated rings. The monoisotopic (exact) mass is 297 g/mol. The van der Waals surface area contributed by atoms with E-state index in [9.17, 15) is 0 Å². The molecular weight excluding hydrogens is 278 g/mol. The fourth-order valence-electron chi connectivity index (χ4n) is 2.10. The highest BCUT2D eigenvalue weighted by Gasteiger charge is 2.25. The van der Waals surface area contributed by atoms with Gasteiger partial charge in [-0.05, 0) is 18.1 Å². The minimum absolute atomic E-state index is 0.393. The topological polar surface area (TPSA) is 36.1 Å². The van der Waals surface area contributed by atoms with Crippen LogP contribution in [0.1, 0.15) is 31.9 Å². The first kappa shape index (κ1) is 13.0. The fraction of sp³-hybridized carbons (Fsp3) is 0.538. The lowest BCUT2D eigenvalue weighted by Crippen LogP contribution is -2.40. The molecule has 4 heteroatoms. The minimum Gasteiger partial charge on any atom is -0.313 e. The first-order chi connectivity index (χ1) is 8.16. The number of hydrogen-bond acceptors (Lipinski definition) is 3. The van der Waals surface area contributed by atoms with Crippen molar-refractivity contribution in [3.05, 3.63) is 34.3 Å². The zero-order valence-corrected chi connectivity index (χ0v) is 11.9. The number of rotatable bonds is 4. The van der Waals surface area contributed by atoms with Gasteiger partial charge in [0.25, 0.3) is 0 Å². The van der Waals surface area contributed by atoms with Crippen molar-refractivity contribution in [1.29, 1.82) is 0 Å². The summed E-state index contributed by atoms with van der Waals surface area (Å²) in [5.74, 6) is 0. The lowest BCUT2D eigenvalue weighted by Gasteiger charge is -2.13. The van der Waals surface area contributed by atoms with Crippen molar-refractivity contribution in [2.24, 2.45) is 0 Å². The quantitative estimate of drug-likeness (QED) is 0.798. The smallest absolute Gasteiger partial charge is 0.0489 e. The van der Waals surface area contributed by atoms with Gasteiger partial charge in [0, 0.05) is 29.1 Å². The van der Waals surface area contributed by atoms with Gasteiger partial charge in [-0.3, -0.25) is 5.43 Å². The van der Waals surface area contributed by atoms with E-state index in [0.29, 0.717) is 18.1 Å². The van der Waals surface area contributed by atoms with Crippen molar-refractivity contribution in [3.8, 4) is 0 Å². The van der Waals surface area contributed by atoms with E-state index in [4.69, 9.17) is 0 Å². The maximum Gasteiger partial charge on any atom is 0.0489 e. The molecule has 1 saturated heterocycles. The van der Waals surface area contributed by atoms with E-state index >= 15 is 0 Å². The largest absolute Gasteiger partial charge is 0.313 e. The molecule has 1 heterocycles. The van der Waals surface area contributed by atoms with Crippen LogP contribution in [0.5, 0.6) is 0 Å². The summed E-state index contributed by atoms with van der Waals surface area (Å²) in [7, 11) is 0. The van der Waals surface area contributed by atoms with Gasteiger partial charge < -0.3 is 5.32 Å². The van der Waals surface area contributed by atoms with Crippen molar-refractivity contribution in [3.63, 3.8) is 0 Å².